The molecule has 3 heterocycles. The Labute approximate surface area is 155 Å². The van der Waals surface area contributed by atoms with E-state index in [9.17, 15) is 9.59 Å². The standard InChI is InChI=1S/C21H18N2O4/c24-19-16-6-2-3-7-17(16)20(25)23(19)14-21(26-11-12-27-21)13-22-10-9-15-5-1-4-8-18(15)22/h1-10H,11-14H2. The van der Waals surface area contributed by atoms with E-state index in [1.54, 1.807) is 24.3 Å². The smallest absolute Gasteiger partial charge is 0.261 e. The summed E-state index contributed by atoms with van der Waals surface area (Å²) in [6, 6.07) is 16.9. The van der Waals surface area contributed by atoms with Gasteiger partial charge >= 0.3 is 0 Å². The first-order valence-corrected chi connectivity index (χ1v) is 8.94. The second-order valence-electron chi connectivity index (χ2n) is 6.85. The molecule has 0 atom stereocenters. The van der Waals surface area contributed by atoms with Crippen LogP contribution in [-0.4, -0.2) is 46.8 Å². The number of ether oxygens (including phenoxy) is 2. The zero-order chi connectivity index (χ0) is 18.4. The molecule has 2 aromatic carbocycles. The predicted molar refractivity (Wildman–Crippen MR) is 98.4 cm³/mol. The van der Waals surface area contributed by atoms with E-state index in [-0.39, 0.29) is 18.4 Å². The number of fused-ring (bicyclic) bond motifs is 2. The predicted octanol–water partition coefficient (Wildman–Crippen LogP) is 2.68. The van der Waals surface area contributed by atoms with Crippen molar-refractivity contribution in [1.29, 1.82) is 0 Å². The number of hydrogen-bond acceptors (Lipinski definition) is 4. The topological polar surface area (TPSA) is 60.8 Å². The maximum atomic E-state index is 12.7. The Morgan fingerprint density at radius 2 is 1.44 bits per heavy atom. The van der Waals surface area contributed by atoms with E-state index in [4.69, 9.17) is 9.47 Å². The highest BCUT2D eigenvalue weighted by atomic mass is 16.7. The van der Waals surface area contributed by atoms with Crippen molar-refractivity contribution >= 4 is 22.7 Å². The Morgan fingerprint density at radius 3 is 2.15 bits per heavy atom. The third-order valence-corrected chi connectivity index (χ3v) is 5.18. The lowest BCUT2D eigenvalue weighted by atomic mass is 10.1. The van der Waals surface area contributed by atoms with Gasteiger partial charge < -0.3 is 14.0 Å². The van der Waals surface area contributed by atoms with Gasteiger partial charge in [-0.2, -0.15) is 0 Å². The molecule has 0 unspecified atom stereocenters. The molecule has 0 aliphatic carbocycles. The van der Waals surface area contributed by atoms with Crippen LogP contribution in [0.15, 0.2) is 60.8 Å². The van der Waals surface area contributed by atoms with Gasteiger partial charge in [0.1, 0.15) is 0 Å². The molecule has 0 saturated carbocycles. The second-order valence-corrected chi connectivity index (χ2v) is 6.85. The van der Waals surface area contributed by atoms with Crippen LogP contribution in [0.1, 0.15) is 20.7 Å². The lowest BCUT2D eigenvalue weighted by molar-refractivity contribution is -0.171. The third-order valence-electron chi connectivity index (χ3n) is 5.18. The van der Waals surface area contributed by atoms with Gasteiger partial charge in [-0.25, -0.2) is 0 Å². The van der Waals surface area contributed by atoms with Gasteiger partial charge in [-0.3, -0.25) is 14.5 Å². The summed E-state index contributed by atoms with van der Waals surface area (Å²) in [5.74, 6) is -1.65. The van der Waals surface area contributed by atoms with E-state index in [0.29, 0.717) is 30.9 Å². The summed E-state index contributed by atoms with van der Waals surface area (Å²) in [7, 11) is 0. The molecule has 0 bridgehead atoms. The monoisotopic (exact) mass is 362 g/mol. The van der Waals surface area contributed by atoms with Crippen molar-refractivity contribution < 1.29 is 19.1 Å². The molecule has 1 fully saturated rings. The van der Waals surface area contributed by atoms with Crippen molar-refractivity contribution in [1.82, 2.24) is 9.47 Å². The van der Waals surface area contributed by atoms with Crippen molar-refractivity contribution in [2.24, 2.45) is 0 Å². The van der Waals surface area contributed by atoms with Crippen LogP contribution in [0.5, 0.6) is 0 Å². The van der Waals surface area contributed by atoms with Gasteiger partial charge in [0.2, 0.25) is 5.79 Å². The minimum atomic E-state index is -1.05. The number of amides is 2. The highest BCUT2D eigenvalue weighted by molar-refractivity contribution is 6.21. The Kier molecular flexibility index (Phi) is 3.63. The average Bonchev–Trinajstić information content (AvgIpc) is 3.38. The number of imide groups is 1. The van der Waals surface area contributed by atoms with Gasteiger partial charge in [-0.15, -0.1) is 0 Å². The summed E-state index contributed by atoms with van der Waals surface area (Å²) in [6.07, 6.45) is 1.97. The van der Waals surface area contributed by atoms with Crippen LogP contribution in [0.2, 0.25) is 0 Å². The Bertz CT molecular complexity index is 1010. The summed E-state index contributed by atoms with van der Waals surface area (Å²) in [6.45, 7) is 1.32. The van der Waals surface area contributed by atoms with Crippen LogP contribution < -0.4 is 0 Å². The van der Waals surface area contributed by atoms with E-state index < -0.39 is 5.79 Å². The molecule has 0 radical (unpaired) electrons. The minimum Gasteiger partial charge on any atom is -0.344 e. The summed E-state index contributed by atoms with van der Waals surface area (Å²) in [5.41, 5.74) is 1.92. The normalized spacial score (nSPS) is 18.4. The molecule has 136 valence electrons. The van der Waals surface area contributed by atoms with E-state index in [1.165, 1.54) is 4.90 Å². The summed E-state index contributed by atoms with van der Waals surface area (Å²) < 4.78 is 13.9. The van der Waals surface area contributed by atoms with E-state index in [0.717, 1.165) is 10.9 Å². The maximum absolute atomic E-state index is 12.7. The Morgan fingerprint density at radius 1 is 0.815 bits per heavy atom. The minimum absolute atomic E-state index is 0.0614. The van der Waals surface area contributed by atoms with E-state index >= 15 is 0 Å². The molecule has 0 N–H and O–H groups in total. The number of nitrogens with zero attached hydrogens (tertiary/aromatic N) is 2. The first-order valence-electron chi connectivity index (χ1n) is 8.94. The summed E-state index contributed by atoms with van der Waals surface area (Å²) in [4.78, 5) is 26.7. The number of para-hydroxylation sites is 1. The Hall–Kier alpha value is -2.96. The lowest BCUT2D eigenvalue weighted by Gasteiger charge is -2.31. The van der Waals surface area contributed by atoms with Crippen LogP contribution in [0, 0.1) is 0 Å². The van der Waals surface area contributed by atoms with Crippen LogP contribution in [-0.2, 0) is 16.0 Å². The Balaban J connectivity index is 1.46. The fraction of sp³-hybridized carbons (Fsp3) is 0.238. The summed E-state index contributed by atoms with van der Waals surface area (Å²) >= 11 is 0. The molecule has 6 nitrogen and oxygen atoms in total. The largest absolute Gasteiger partial charge is 0.344 e. The lowest BCUT2D eigenvalue weighted by Crippen LogP contribution is -2.49. The number of hydrogen-bond donors (Lipinski definition) is 0. The van der Waals surface area contributed by atoms with Gasteiger partial charge in [0.05, 0.1) is 37.4 Å². The van der Waals surface area contributed by atoms with Gasteiger partial charge in [0.25, 0.3) is 11.8 Å². The fourth-order valence-electron chi connectivity index (χ4n) is 3.89. The molecule has 2 aliphatic rings. The second kappa shape index (κ2) is 6.04. The number of carbonyl (C=O) groups excluding carboxylic acids is 2. The number of benzene rings is 2. The first-order chi connectivity index (χ1) is 13.2. The van der Waals surface area contributed by atoms with Crippen molar-refractivity contribution in [2.75, 3.05) is 19.8 Å². The molecule has 0 spiro atoms. The maximum Gasteiger partial charge on any atom is 0.261 e. The molecule has 27 heavy (non-hydrogen) atoms. The molecule has 1 saturated heterocycles. The highest BCUT2D eigenvalue weighted by Gasteiger charge is 2.45. The molecule has 2 aliphatic heterocycles. The number of rotatable bonds is 4. The van der Waals surface area contributed by atoms with Crippen LogP contribution >= 0.6 is 0 Å². The molecule has 1 aromatic heterocycles. The van der Waals surface area contributed by atoms with E-state index in [1.807, 2.05) is 41.1 Å². The van der Waals surface area contributed by atoms with Crippen LogP contribution in [0.25, 0.3) is 10.9 Å². The SMILES string of the molecule is O=C1c2ccccc2C(=O)N1CC1(Cn2ccc3ccccc32)OCCO1. The number of carbonyl (C=O) groups is 2. The van der Waals surface area contributed by atoms with E-state index in [2.05, 4.69) is 0 Å². The zero-order valence-electron chi connectivity index (χ0n) is 14.6. The van der Waals surface area contributed by atoms with Crippen LogP contribution in [0.3, 0.4) is 0 Å². The van der Waals surface area contributed by atoms with Crippen molar-refractivity contribution in [2.45, 2.75) is 12.3 Å². The molecular weight excluding hydrogens is 344 g/mol. The average molecular weight is 362 g/mol. The quantitative estimate of drug-likeness (QED) is 0.670. The van der Waals surface area contributed by atoms with Crippen molar-refractivity contribution in [3.63, 3.8) is 0 Å². The summed E-state index contributed by atoms with van der Waals surface area (Å²) in [5, 5.41) is 1.12. The molecule has 3 aromatic rings. The van der Waals surface area contributed by atoms with Gasteiger partial charge in [0, 0.05) is 11.7 Å². The fourth-order valence-corrected chi connectivity index (χ4v) is 3.89. The molecule has 5 rings (SSSR count). The molecular formula is C21H18N2O4. The van der Waals surface area contributed by atoms with Gasteiger partial charge in [0.15, 0.2) is 0 Å². The van der Waals surface area contributed by atoms with Gasteiger partial charge in [-0.1, -0.05) is 30.3 Å². The highest BCUT2D eigenvalue weighted by Crippen LogP contribution is 2.30. The zero-order valence-corrected chi connectivity index (χ0v) is 14.6. The number of aromatic nitrogens is 1. The molecule has 2 amide bonds. The van der Waals surface area contributed by atoms with Crippen molar-refractivity contribution in [3.8, 4) is 0 Å². The molecule has 6 heteroatoms. The third kappa shape index (κ3) is 2.57. The van der Waals surface area contributed by atoms with Crippen molar-refractivity contribution in [3.05, 3.63) is 71.9 Å². The van der Waals surface area contributed by atoms with Crippen LogP contribution in [0.4, 0.5) is 0 Å². The first kappa shape index (κ1) is 16.2. The van der Waals surface area contributed by atoms with Gasteiger partial charge in [-0.05, 0) is 29.7 Å².